The van der Waals surface area contributed by atoms with Crippen molar-refractivity contribution in [2.24, 2.45) is 5.92 Å². The van der Waals surface area contributed by atoms with E-state index in [0.29, 0.717) is 24.7 Å². The lowest BCUT2D eigenvalue weighted by atomic mass is 10.1. The second-order valence-electron chi connectivity index (χ2n) is 5.07. The average Bonchev–Trinajstić information content (AvgIpc) is 2.77. The second kappa shape index (κ2) is 5.86. The zero-order valence-corrected chi connectivity index (χ0v) is 11.2. The highest BCUT2D eigenvalue weighted by molar-refractivity contribution is 5.70. The number of nitrogens with one attached hydrogen (secondary N) is 1. The van der Waals surface area contributed by atoms with Gasteiger partial charge in [-0.3, -0.25) is 4.79 Å². The number of carbonyl (C=O) groups is 1. The van der Waals surface area contributed by atoms with Gasteiger partial charge in [0.15, 0.2) is 0 Å². The number of rotatable bonds is 5. The van der Waals surface area contributed by atoms with E-state index in [4.69, 9.17) is 9.84 Å². The molecule has 0 unspecified atom stereocenters. The van der Waals surface area contributed by atoms with E-state index in [-0.39, 0.29) is 18.1 Å². The van der Waals surface area contributed by atoms with Gasteiger partial charge in [-0.05, 0) is 33.1 Å². The third-order valence-corrected chi connectivity index (χ3v) is 3.10. The van der Waals surface area contributed by atoms with Crippen LogP contribution >= 0.6 is 0 Å². The van der Waals surface area contributed by atoms with Gasteiger partial charge >= 0.3 is 5.97 Å². The van der Waals surface area contributed by atoms with E-state index in [1.807, 2.05) is 13.8 Å². The molecule has 0 spiro atoms. The summed E-state index contributed by atoms with van der Waals surface area (Å²) in [7, 11) is 0. The lowest BCUT2D eigenvalue weighted by Crippen LogP contribution is -2.19. The molecule has 0 bridgehead atoms. The average molecular weight is 265 g/mol. The van der Waals surface area contributed by atoms with Gasteiger partial charge < -0.3 is 15.2 Å². The molecule has 0 aliphatic heterocycles. The van der Waals surface area contributed by atoms with Gasteiger partial charge in [0.05, 0.1) is 12.0 Å². The normalized spacial score (nSPS) is 22.5. The number of carboxylic acids is 1. The standard InChI is InChI=1S/C13H19N3O3/c1-8(2)19-11-5-6-14-13(16-11)15-10-4-3-9(7-10)12(17)18/h5-6,8-10H,3-4,7H2,1-2H3,(H,17,18)(H,14,15,16)/t9-,10+/m1/s1. The van der Waals surface area contributed by atoms with Crippen molar-refractivity contribution in [1.82, 2.24) is 9.97 Å². The number of ether oxygens (including phenoxy) is 1. The van der Waals surface area contributed by atoms with E-state index in [0.717, 1.165) is 6.42 Å². The summed E-state index contributed by atoms with van der Waals surface area (Å²) < 4.78 is 5.49. The van der Waals surface area contributed by atoms with Crippen LogP contribution in [0.3, 0.4) is 0 Å². The predicted octanol–water partition coefficient (Wildman–Crippen LogP) is 1.93. The van der Waals surface area contributed by atoms with Crippen LogP contribution in [0, 0.1) is 5.92 Å². The van der Waals surface area contributed by atoms with Crippen molar-refractivity contribution >= 4 is 11.9 Å². The van der Waals surface area contributed by atoms with Crippen molar-refractivity contribution in [2.75, 3.05) is 5.32 Å². The highest BCUT2D eigenvalue weighted by Gasteiger charge is 2.29. The second-order valence-corrected chi connectivity index (χ2v) is 5.07. The molecule has 1 aromatic rings. The molecule has 1 saturated carbocycles. The van der Waals surface area contributed by atoms with E-state index >= 15 is 0 Å². The van der Waals surface area contributed by atoms with Crippen molar-refractivity contribution in [3.8, 4) is 5.88 Å². The number of aliphatic carboxylic acids is 1. The highest BCUT2D eigenvalue weighted by Crippen LogP contribution is 2.27. The molecule has 1 aliphatic rings. The fourth-order valence-corrected chi connectivity index (χ4v) is 2.24. The summed E-state index contributed by atoms with van der Waals surface area (Å²) in [5, 5.41) is 12.1. The van der Waals surface area contributed by atoms with Gasteiger partial charge in [-0.25, -0.2) is 4.98 Å². The highest BCUT2D eigenvalue weighted by atomic mass is 16.5. The number of anilines is 1. The van der Waals surface area contributed by atoms with Gasteiger partial charge in [0.1, 0.15) is 0 Å². The molecule has 104 valence electrons. The van der Waals surface area contributed by atoms with Crippen LogP contribution in [0.4, 0.5) is 5.95 Å². The Balaban J connectivity index is 1.94. The molecule has 1 heterocycles. The minimum Gasteiger partial charge on any atom is -0.481 e. The van der Waals surface area contributed by atoms with Gasteiger partial charge in [-0.15, -0.1) is 0 Å². The van der Waals surface area contributed by atoms with Crippen molar-refractivity contribution < 1.29 is 14.6 Å². The molecule has 0 aromatic carbocycles. The third kappa shape index (κ3) is 3.81. The summed E-state index contributed by atoms with van der Waals surface area (Å²) in [5.41, 5.74) is 0. The van der Waals surface area contributed by atoms with Gasteiger partial charge in [-0.1, -0.05) is 0 Å². The maximum atomic E-state index is 10.9. The molecule has 6 nitrogen and oxygen atoms in total. The minimum absolute atomic E-state index is 0.0608. The summed E-state index contributed by atoms with van der Waals surface area (Å²) >= 11 is 0. The number of nitrogens with zero attached hydrogens (tertiary/aromatic N) is 2. The van der Waals surface area contributed by atoms with Gasteiger partial charge in [0, 0.05) is 18.3 Å². The maximum absolute atomic E-state index is 10.9. The summed E-state index contributed by atoms with van der Waals surface area (Å²) in [5.74, 6) is 0.0455. The molecule has 0 radical (unpaired) electrons. The van der Waals surface area contributed by atoms with Crippen LogP contribution in [0.25, 0.3) is 0 Å². The molecule has 1 fully saturated rings. The molecule has 6 heteroatoms. The molecular weight excluding hydrogens is 246 g/mol. The van der Waals surface area contributed by atoms with Crippen LogP contribution in [-0.2, 0) is 4.79 Å². The zero-order valence-electron chi connectivity index (χ0n) is 11.2. The third-order valence-electron chi connectivity index (χ3n) is 3.10. The first-order chi connectivity index (χ1) is 9.04. The number of aromatic nitrogens is 2. The topological polar surface area (TPSA) is 84.3 Å². The number of hydrogen-bond acceptors (Lipinski definition) is 5. The van der Waals surface area contributed by atoms with Crippen LogP contribution in [0.5, 0.6) is 5.88 Å². The fourth-order valence-electron chi connectivity index (χ4n) is 2.24. The molecule has 19 heavy (non-hydrogen) atoms. The van der Waals surface area contributed by atoms with E-state index in [9.17, 15) is 4.79 Å². The predicted molar refractivity (Wildman–Crippen MR) is 70.2 cm³/mol. The quantitative estimate of drug-likeness (QED) is 0.846. The molecule has 1 aromatic heterocycles. The van der Waals surface area contributed by atoms with Crippen molar-refractivity contribution in [3.05, 3.63) is 12.3 Å². The van der Waals surface area contributed by atoms with Crippen LogP contribution in [0.1, 0.15) is 33.1 Å². The number of carboxylic acid groups (broad SMARTS) is 1. The molecule has 2 rings (SSSR count). The van der Waals surface area contributed by atoms with Crippen molar-refractivity contribution in [3.63, 3.8) is 0 Å². The molecule has 0 amide bonds. The largest absolute Gasteiger partial charge is 0.481 e. The maximum Gasteiger partial charge on any atom is 0.306 e. The van der Waals surface area contributed by atoms with E-state index < -0.39 is 5.97 Å². The first-order valence-electron chi connectivity index (χ1n) is 6.53. The van der Waals surface area contributed by atoms with Crippen LogP contribution < -0.4 is 10.1 Å². The van der Waals surface area contributed by atoms with Crippen LogP contribution in [-0.4, -0.2) is 33.2 Å². The van der Waals surface area contributed by atoms with Crippen molar-refractivity contribution in [1.29, 1.82) is 0 Å². The van der Waals surface area contributed by atoms with E-state index in [1.165, 1.54) is 0 Å². The molecule has 1 aliphatic carbocycles. The Labute approximate surface area is 112 Å². The Morgan fingerprint density at radius 3 is 2.95 bits per heavy atom. The summed E-state index contributed by atoms with van der Waals surface area (Å²) in [6, 6.07) is 1.83. The minimum atomic E-state index is -0.720. The monoisotopic (exact) mass is 265 g/mol. The SMILES string of the molecule is CC(C)Oc1ccnc(N[C@H]2CC[C@@H](C(=O)O)C2)n1. The molecule has 0 saturated heterocycles. The van der Waals surface area contributed by atoms with Crippen LogP contribution in [0.15, 0.2) is 12.3 Å². The Bertz CT molecular complexity index is 451. The van der Waals surface area contributed by atoms with Gasteiger partial charge in [0.2, 0.25) is 11.8 Å². The molecule has 2 atom stereocenters. The van der Waals surface area contributed by atoms with E-state index in [2.05, 4.69) is 15.3 Å². The first kappa shape index (κ1) is 13.6. The summed E-state index contributed by atoms with van der Waals surface area (Å²) in [6.45, 7) is 3.87. The molecular formula is C13H19N3O3. The lowest BCUT2D eigenvalue weighted by Gasteiger charge is -2.13. The Morgan fingerprint density at radius 2 is 2.32 bits per heavy atom. The van der Waals surface area contributed by atoms with Crippen LogP contribution in [0.2, 0.25) is 0 Å². The van der Waals surface area contributed by atoms with Crippen molar-refractivity contribution in [2.45, 2.75) is 45.3 Å². The number of hydrogen-bond donors (Lipinski definition) is 2. The van der Waals surface area contributed by atoms with Gasteiger partial charge in [-0.2, -0.15) is 4.98 Å². The summed E-state index contributed by atoms with van der Waals surface area (Å²) in [6.07, 6.45) is 3.85. The fraction of sp³-hybridized carbons (Fsp3) is 0.615. The van der Waals surface area contributed by atoms with E-state index in [1.54, 1.807) is 12.3 Å². The Hall–Kier alpha value is -1.85. The first-order valence-corrected chi connectivity index (χ1v) is 6.53. The lowest BCUT2D eigenvalue weighted by molar-refractivity contribution is -0.141. The Kier molecular flexibility index (Phi) is 4.19. The Morgan fingerprint density at radius 1 is 1.53 bits per heavy atom. The zero-order chi connectivity index (χ0) is 13.8. The molecule has 2 N–H and O–H groups in total. The van der Waals surface area contributed by atoms with Gasteiger partial charge in [0.25, 0.3) is 0 Å². The smallest absolute Gasteiger partial charge is 0.306 e. The summed E-state index contributed by atoms with van der Waals surface area (Å²) in [4.78, 5) is 19.3.